The van der Waals surface area contributed by atoms with Gasteiger partial charge in [-0.05, 0) is 43.7 Å². The van der Waals surface area contributed by atoms with Crippen LogP contribution in [0.25, 0.3) is 0 Å². The van der Waals surface area contributed by atoms with Crippen LogP contribution in [0.5, 0.6) is 17.2 Å². The summed E-state index contributed by atoms with van der Waals surface area (Å²) in [4.78, 5) is 29.7. The molecular weight excluding hydrogens is 475 g/mol. The van der Waals surface area contributed by atoms with E-state index < -0.39 is 19.1 Å². The number of methoxy groups -OCH3 is 1. The quantitative estimate of drug-likeness (QED) is 0.551. The van der Waals surface area contributed by atoms with Crippen LogP contribution < -0.4 is 19.7 Å². The van der Waals surface area contributed by atoms with Gasteiger partial charge in [-0.15, -0.1) is 0 Å². The molecule has 2 heterocycles. The van der Waals surface area contributed by atoms with Gasteiger partial charge in [-0.1, -0.05) is 30.9 Å². The predicted octanol–water partition coefficient (Wildman–Crippen LogP) is 2.82. The normalized spacial score (nSPS) is 20.2. The second-order valence-electron chi connectivity index (χ2n) is 8.79. The Labute approximate surface area is 216 Å². The summed E-state index contributed by atoms with van der Waals surface area (Å²) in [6.45, 7) is 4.23. The highest BCUT2D eigenvalue weighted by Crippen LogP contribution is 2.26. The standard InChI is InChI=1S/C27H29BN2O7/c1-19-8-11-21(6-4-5-7-25(19)35-24-14-23(33-3)15-29-16-24)34-22-12-9-20(10-13-22)28-36-26(31)17-30(2)18-27(32)37-28/h4-5,7,9-10,12-16,21H,1,6,8,11,17-18H2,2-3H3/b5-4-,25-7?/t21-/m0/s1. The molecule has 1 atom stereocenters. The van der Waals surface area contributed by atoms with E-state index in [0.717, 1.165) is 12.0 Å². The average Bonchev–Trinajstić information content (AvgIpc) is 2.95. The van der Waals surface area contributed by atoms with Crippen molar-refractivity contribution >= 4 is 24.5 Å². The van der Waals surface area contributed by atoms with Crippen LogP contribution in [0.2, 0.25) is 0 Å². The Morgan fingerprint density at radius 3 is 2.46 bits per heavy atom. The number of likely N-dealkylation sites (N-methyl/N-ethyl adjacent to an activating group) is 1. The zero-order valence-electron chi connectivity index (χ0n) is 20.9. The zero-order valence-corrected chi connectivity index (χ0v) is 20.9. The lowest BCUT2D eigenvalue weighted by Gasteiger charge is -2.23. The molecule has 37 heavy (non-hydrogen) atoms. The second-order valence-corrected chi connectivity index (χ2v) is 8.79. The summed E-state index contributed by atoms with van der Waals surface area (Å²) >= 11 is 0. The fourth-order valence-corrected chi connectivity index (χ4v) is 3.85. The highest BCUT2D eigenvalue weighted by Gasteiger charge is 2.33. The van der Waals surface area contributed by atoms with Crippen LogP contribution in [0.3, 0.4) is 0 Å². The van der Waals surface area contributed by atoms with Crippen LogP contribution in [-0.4, -0.2) is 62.3 Å². The highest BCUT2D eigenvalue weighted by atomic mass is 16.6. The topological polar surface area (TPSA) is 96.4 Å². The van der Waals surface area contributed by atoms with Gasteiger partial charge in [0.2, 0.25) is 0 Å². The number of nitrogens with zero attached hydrogens (tertiary/aromatic N) is 2. The van der Waals surface area contributed by atoms with Gasteiger partial charge >= 0.3 is 19.1 Å². The number of aromatic nitrogens is 1. The van der Waals surface area contributed by atoms with E-state index in [1.54, 1.807) is 61.8 Å². The number of allylic oxidation sites excluding steroid dienone is 3. The summed E-state index contributed by atoms with van der Waals surface area (Å²) in [5, 5.41) is 0. The molecule has 1 aliphatic carbocycles. The van der Waals surface area contributed by atoms with Gasteiger partial charge in [0.15, 0.2) is 0 Å². The van der Waals surface area contributed by atoms with Crippen LogP contribution in [0, 0.1) is 0 Å². The first-order valence-electron chi connectivity index (χ1n) is 12.0. The molecule has 2 aromatic rings. The number of carbonyl (C=O) groups is 2. The van der Waals surface area contributed by atoms with Crippen molar-refractivity contribution in [3.8, 4) is 17.2 Å². The van der Waals surface area contributed by atoms with E-state index in [-0.39, 0.29) is 19.2 Å². The number of rotatable bonds is 6. The SMILES string of the molecule is C=C1CC[C@@H](Oc2ccc(B3OC(=O)CN(C)CC(=O)O3)cc2)C/C=C\C=C1Oc1cncc(OC)c1. The molecule has 0 amide bonds. The molecule has 192 valence electrons. The molecule has 0 spiro atoms. The van der Waals surface area contributed by atoms with Gasteiger partial charge in [0.1, 0.15) is 29.1 Å². The molecule has 0 bridgehead atoms. The number of hydrogen-bond donors (Lipinski definition) is 0. The summed E-state index contributed by atoms with van der Waals surface area (Å²) in [7, 11) is 2.15. The molecule has 1 fully saturated rings. The van der Waals surface area contributed by atoms with Crippen molar-refractivity contribution in [3.05, 3.63) is 78.9 Å². The Bertz CT molecular complexity index is 1180. The minimum Gasteiger partial charge on any atom is -0.495 e. The van der Waals surface area contributed by atoms with Crippen molar-refractivity contribution in [1.82, 2.24) is 9.88 Å². The summed E-state index contributed by atoms with van der Waals surface area (Å²) in [6.07, 6.45) is 11.1. The Morgan fingerprint density at radius 2 is 1.76 bits per heavy atom. The lowest BCUT2D eigenvalue weighted by molar-refractivity contribution is -0.145. The lowest BCUT2D eigenvalue weighted by atomic mass is 9.78. The van der Waals surface area contributed by atoms with Gasteiger partial charge in [-0.3, -0.25) is 19.5 Å². The van der Waals surface area contributed by atoms with Crippen molar-refractivity contribution in [2.45, 2.75) is 25.4 Å². The Hall–Kier alpha value is -4.05. The number of pyridine rings is 1. The van der Waals surface area contributed by atoms with Gasteiger partial charge in [-0.25, -0.2) is 0 Å². The molecule has 0 radical (unpaired) electrons. The predicted molar refractivity (Wildman–Crippen MR) is 138 cm³/mol. The van der Waals surface area contributed by atoms with Crippen LogP contribution in [-0.2, 0) is 18.9 Å². The Kier molecular flexibility index (Phi) is 8.63. The second kappa shape index (κ2) is 12.3. The van der Waals surface area contributed by atoms with E-state index in [9.17, 15) is 9.59 Å². The van der Waals surface area contributed by atoms with Crippen LogP contribution in [0.1, 0.15) is 19.3 Å². The molecule has 1 aromatic carbocycles. The zero-order chi connectivity index (χ0) is 26.2. The molecule has 1 saturated heterocycles. The maximum Gasteiger partial charge on any atom is 0.636 e. The van der Waals surface area contributed by atoms with Crippen molar-refractivity contribution < 1.29 is 33.1 Å². The molecule has 0 N–H and O–H groups in total. The molecule has 1 aromatic heterocycles. The molecule has 1 aliphatic heterocycles. The first kappa shape index (κ1) is 26.0. The third kappa shape index (κ3) is 7.47. The third-order valence-corrected chi connectivity index (χ3v) is 5.78. The van der Waals surface area contributed by atoms with Crippen LogP contribution in [0.4, 0.5) is 0 Å². The van der Waals surface area contributed by atoms with E-state index in [4.69, 9.17) is 23.5 Å². The number of hydrogen-bond acceptors (Lipinski definition) is 9. The third-order valence-electron chi connectivity index (χ3n) is 5.78. The van der Waals surface area contributed by atoms with E-state index in [2.05, 4.69) is 11.6 Å². The molecule has 2 aliphatic rings. The maximum atomic E-state index is 12.0. The molecule has 9 nitrogen and oxygen atoms in total. The van der Waals surface area contributed by atoms with Crippen molar-refractivity contribution in [3.63, 3.8) is 0 Å². The molecule has 4 rings (SSSR count). The molecule has 0 saturated carbocycles. The molecular formula is C27H29BN2O7. The van der Waals surface area contributed by atoms with Crippen molar-refractivity contribution in [2.75, 3.05) is 27.2 Å². The van der Waals surface area contributed by atoms with E-state index in [0.29, 0.717) is 41.3 Å². The van der Waals surface area contributed by atoms with Gasteiger partial charge in [-0.2, -0.15) is 0 Å². The first-order valence-corrected chi connectivity index (χ1v) is 12.0. The minimum absolute atomic E-state index is 0.0192. The summed E-state index contributed by atoms with van der Waals surface area (Å²) in [5.74, 6) is 1.57. The minimum atomic E-state index is -1.08. The van der Waals surface area contributed by atoms with E-state index >= 15 is 0 Å². The van der Waals surface area contributed by atoms with Crippen molar-refractivity contribution in [2.24, 2.45) is 0 Å². The smallest absolute Gasteiger partial charge is 0.495 e. The van der Waals surface area contributed by atoms with Crippen LogP contribution in [0.15, 0.2) is 78.9 Å². The van der Waals surface area contributed by atoms with Crippen molar-refractivity contribution in [1.29, 1.82) is 0 Å². The number of ether oxygens (including phenoxy) is 3. The Morgan fingerprint density at radius 1 is 1.05 bits per heavy atom. The summed E-state index contributed by atoms with van der Waals surface area (Å²) in [5.41, 5.74) is 1.40. The number of carbonyl (C=O) groups excluding carboxylic acids is 2. The van der Waals surface area contributed by atoms with Gasteiger partial charge < -0.3 is 23.5 Å². The number of benzene rings is 1. The summed E-state index contributed by atoms with van der Waals surface area (Å²) in [6, 6.07) is 8.77. The van der Waals surface area contributed by atoms with Gasteiger partial charge in [0.25, 0.3) is 0 Å². The summed E-state index contributed by atoms with van der Waals surface area (Å²) < 4.78 is 28.1. The lowest BCUT2D eigenvalue weighted by Crippen LogP contribution is -2.47. The van der Waals surface area contributed by atoms with E-state index in [1.165, 1.54) is 0 Å². The van der Waals surface area contributed by atoms with Gasteiger partial charge in [0, 0.05) is 17.9 Å². The maximum absolute atomic E-state index is 12.0. The molecule has 0 unspecified atom stereocenters. The van der Waals surface area contributed by atoms with E-state index in [1.807, 2.05) is 18.2 Å². The molecule has 10 heteroatoms. The van der Waals surface area contributed by atoms with Crippen LogP contribution >= 0.6 is 0 Å². The monoisotopic (exact) mass is 504 g/mol. The highest BCUT2D eigenvalue weighted by molar-refractivity contribution is 6.64. The first-order chi connectivity index (χ1) is 17.9. The van der Waals surface area contributed by atoms with Gasteiger partial charge in [0.05, 0.1) is 32.6 Å². The largest absolute Gasteiger partial charge is 0.636 e. The fourth-order valence-electron chi connectivity index (χ4n) is 3.85. The average molecular weight is 504 g/mol. The fraction of sp³-hybridized carbons (Fsp3) is 0.296. The Balaban J connectivity index is 1.35.